The van der Waals surface area contributed by atoms with E-state index in [9.17, 15) is 29.1 Å². The third-order valence-corrected chi connectivity index (χ3v) is 4.94. The van der Waals surface area contributed by atoms with Gasteiger partial charge in [-0.25, -0.2) is 4.79 Å². The van der Waals surface area contributed by atoms with E-state index in [-0.39, 0.29) is 31.6 Å². The highest BCUT2D eigenvalue weighted by Crippen LogP contribution is 2.08. The highest BCUT2D eigenvalue weighted by molar-refractivity contribution is 7.98. The SMILES string of the molecule is CSCCC(NC(=O)C(CCC(N)=O)NC(=O)C(C)N)C(=O)NC(CC(C)C)C(=O)O. The molecule has 11 nitrogen and oxygen atoms in total. The van der Waals surface area contributed by atoms with Crippen LogP contribution in [0.25, 0.3) is 0 Å². The van der Waals surface area contributed by atoms with Crippen LogP contribution in [0.3, 0.4) is 0 Å². The summed E-state index contributed by atoms with van der Waals surface area (Å²) in [6.45, 7) is 5.10. The number of carbonyl (C=O) groups excluding carboxylic acids is 4. The molecule has 4 atom stereocenters. The first-order valence-electron chi connectivity index (χ1n) is 10.1. The molecule has 0 rings (SSSR count). The first-order chi connectivity index (χ1) is 14.4. The average Bonchev–Trinajstić information content (AvgIpc) is 2.66. The molecule has 0 aromatic rings. The van der Waals surface area contributed by atoms with Crippen molar-refractivity contribution in [3.63, 3.8) is 0 Å². The molecule has 12 heteroatoms. The van der Waals surface area contributed by atoms with Crippen LogP contribution in [0.4, 0.5) is 0 Å². The van der Waals surface area contributed by atoms with E-state index in [1.807, 2.05) is 20.1 Å². The molecule has 31 heavy (non-hydrogen) atoms. The Kier molecular flexibility index (Phi) is 13.5. The van der Waals surface area contributed by atoms with Gasteiger partial charge >= 0.3 is 5.97 Å². The number of amides is 4. The highest BCUT2D eigenvalue weighted by atomic mass is 32.2. The zero-order valence-electron chi connectivity index (χ0n) is 18.5. The minimum atomic E-state index is -1.17. The molecule has 0 aromatic heterocycles. The smallest absolute Gasteiger partial charge is 0.326 e. The van der Waals surface area contributed by atoms with Gasteiger partial charge in [-0.3, -0.25) is 19.2 Å². The van der Waals surface area contributed by atoms with Crippen molar-refractivity contribution in [3.8, 4) is 0 Å². The molecule has 0 aliphatic rings. The third kappa shape index (κ3) is 12.2. The number of hydrogen-bond acceptors (Lipinski definition) is 7. The van der Waals surface area contributed by atoms with Crippen molar-refractivity contribution in [2.75, 3.05) is 12.0 Å². The molecular weight excluding hydrogens is 426 g/mol. The lowest BCUT2D eigenvalue weighted by molar-refractivity contribution is -0.142. The van der Waals surface area contributed by atoms with Crippen LogP contribution in [0.5, 0.6) is 0 Å². The van der Waals surface area contributed by atoms with Gasteiger partial charge in [-0.15, -0.1) is 0 Å². The zero-order valence-corrected chi connectivity index (χ0v) is 19.3. The van der Waals surface area contributed by atoms with Crippen molar-refractivity contribution in [1.29, 1.82) is 0 Å². The number of carbonyl (C=O) groups is 5. The van der Waals surface area contributed by atoms with Crippen molar-refractivity contribution in [3.05, 3.63) is 0 Å². The monoisotopic (exact) mass is 461 g/mol. The fourth-order valence-corrected chi connectivity index (χ4v) is 3.07. The van der Waals surface area contributed by atoms with Gasteiger partial charge in [0.15, 0.2) is 0 Å². The Hall–Kier alpha value is -2.34. The second-order valence-electron chi connectivity index (χ2n) is 7.73. The number of hydrogen-bond donors (Lipinski definition) is 6. The quantitative estimate of drug-likeness (QED) is 0.177. The minimum absolute atomic E-state index is 0.0345. The molecule has 178 valence electrons. The maximum atomic E-state index is 12.8. The number of carboxylic acid groups (broad SMARTS) is 1. The highest BCUT2D eigenvalue weighted by Gasteiger charge is 2.30. The molecular formula is C19H35N5O6S. The largest absolute Gasteiger partial charge is 0.480 e. The Balaban J connectivity index is 5.41. The lowest BCUT2D eigenvalue weighted by Gasteiger charge is -2.25. The Labute approximate surface area is 186 Å². The number of primary amides is 1. The van der Waals surface area contributed by atoms with Crippen molar-refractivity contribution in [2.45, 2.75) is 70.6 Å². The first-order valence-corrected chi connectivity index (χ1v) is 11.4. The molecule has 0 spiro atoms. The second kappa shape index (κ2) is 14.6. The zero-order chi connectivity index (χ0) is 24.1. The average molecular weight is 462 g/mol. The number of carboxylic acids is 1. The first kappa shape index (κ1) is 28.7. The summed E-state index contributed by atoms with van der Waals surface area (Å²) in [5.74, 6) is -3.18. The van der Waals surface area contributed by atoms with Gasteiger partial charge < -0.3 is 32.5 Å². The lowest BCUT2D eigenvalue weighted by Crippen LogP contribution is -2.57. The van der Waals surface area contributed by atoms with E-state index in [1.54, 1.807) is 0 Å². The summed E-state index contributed by atoms with van der Waals surface area (Å²) in [4.78, 5) is 60.0. The predicted molar refractivity (Wildman–Crippen MR) is 118 cm³/mol. The Morgan fingerprint density at radius 3 is 1.77 bits per heavy atom. The Morgan fingerprint density at radius 2 is 1.35 bits per heavy atom. The minimum Gasteiger partial charge on any atom is -0.480 e. The molecule has 0 fully saturated rings. The van der Waals surface area contributed by atoms with Gasteiger partial charge in [-0.2, -0.15) is 11.8 Å². The summed E-state index contributed by atoms with van der Waals surface area (Å²) in [5.41, 5.74) is 10.7. The topological polar surface area (TPSA) is 194 Å². The van der Waals surface area contributed by atoms with Crippen molar-refractivity contribution >= 4 is 41.4 Å². The Morgan fingerprint density at radius 1 is 0.871 bits per heavy atom. The molecule has 0 bridgehead atoms. The summed E-state index contributed by atoms with van der Waals surface area (Å²) in [7, 11) is 0. The number of aliphatic carboxylic acids is 1. The maximum absolute atomic E-state index is 12.8. The third-order valence-electron chi connectivity index (χ3n) is 4.29. The van der Waals surface area contributed by atoms with Gasteiger partial charge in [0.25, 0.3) is 0 Å². The second-order valence-corrected chi connectivity index (χ2v) is 8.71. The standard InChI is InChI=1S/C19H35N5O6S/c1-10(2)9-14(19(29)30)24-18(28)13(7-8-31-4)23-17(27)12(5-6-15(21)25)22-16(26)11(3)20/h10-14H,5-9,20H2,1-4H3,(H2,21,25)(H,22,26)(H,23,27)(H,24,28)(H,29,30). The van der Waals surface area contributed by atoms with Crippen LogP contribution < -0.4 is 27.4 Å². The van der Waals surface area contributed by atoms with E-state index in [2.05, 4.69) is 16.0 Å². The van der Waals surface area contributed by atoms with Crippen molar-refractivity contribution in [2.24, 2.45) is 17.4 Å². The van der Waals surface area contributed by atoms with E-state index in [1.165, 1.54) is 18.7 Å². The number of thioether (sulfide) groups is 1. The summed E-state index contributed by atoms with van der Waals surface area (Å²) in [6.07, 6.45) is 2.08. The normalized spacial score (nSPS) is 14.8. The molecule has 0 heterocycles. The van der Waals surface area contributed by atoms with Crippen LogP contribution >= 0.6 is 11.8 Å². The van der Waals surface area contributed by atoms with Crippen molar-refractivity contribution < 1.29 is 29.1 Å². The maximum Gasteiger partial charge on any atom is 0.326 e. The van der Waals surface area contributed by atoms with Crippen LogP contribution in [-0.4, -0.2) is 70.9 Å². The fraction of sp³-hybridized carbons (Fsp3) is 0.737. The molecule has 4 amide bonds. The van der Waals surface area contributed by atoms with E-state index in [0.29, 0.717) is 5.75 Å². The molecule has 8 N–H and O–H groups in total. The summed E-state index contributed by atoms with van der Waals surface area (Å²) in [5, 5.41) is 16.8. The fourth-order valence-electron chi connectivity index (χ4n) is 2.60. The van der Waals surface area contributed by atoms with Gasteiger partial charge in [-0.1, -0.05) is 13.8 Å². The molecule has 0 radical (unpaired) electrons. The lowest BCUT2D eigenvalue weighted by atomic mass is 10.0. The van der Waals surface area contributed by atoms with E-state index in [4.69, 9.17) is 11.5 Å². The Bertz CT molecular complexity index is 643. The van der Waals surface area contributed by atoms with Gasteiger partial charge in [-0.05, 0) is 44.1 Å². The summed E-state index contributed by atoms with van der Waals surface area (Å²) >= 11 is 1.45. The molecule has 0 saturated heterocycles. The molecule has 4 unspecified atom stereocenters. The summed E-state index contributed by atoms with van der Waals surface area (Å²) < 4.78 is 0. The predicted octanol–water partition coefficient (Wildman–Crippen LogP) is -1.06. The van der Waals surface area contributed by atoms with Crippen LogP contribution in [0, 0.1) is 5.92 Å². The molecule has 0 saturated carbocycles. The van der Waals surface area contributed by atoms with Crippen LogP contribution in [0.15, 0.2) is 0 Å². The molecule has 0 aliphatic heterocycles. The van der Waals surface area contributed by atoms with Crippen molar-refractivity contribution in [1.82, 2.24) is 16.0 Å². The van der Waals surface area contributed by atoms with Crippen LogP contribution in [-0.2, 0) is 24.0 Å². The van der Waals surface area contributed by atoms with E-state index >= 15 is 0 Å². The van der Waals surface area contributed by atoms with E-state index < -0.39 is 53.8 Å². The summed E-state index contributed by atoms with van der Waals surface area (Å²) in [6, 6.07) is -4.12. The van der Waals surface area contributed by atoms with Crippen LogP contribution in [0.1, 0.15) is 46.5 Å². The van der Waals surface area contributed by atoms with Gasteiger partial charge in [0.05, 0.1) is 6.04 Å². The van der Waals surface area contributed by atoms with E-state index in [0.717, 1.165) is 0 Å². The van der Waals surface area contributed by atoms with Gasteiger partial charge in [0, 0.05) is 6.42 Å². The van der Waals surface area contributed by atoms with Gasteiger partial charge in [0.2, 0.25) is 23.6 Å². The number of nitrogens with one attached hydrogen (secondary N) is 3. The number of rotatable bonds is 15. The van der Waals surface area contributed by atoms with Gasteiger partial charge in [0.1, 0.15) is 18.1 Å². The molecule has 0 aromatic carbocycles. The number of nitrogens with two attached hydrogens (primary N) is 2. The van der Waals surface area contributed by atoms with Crippen LogP contribution in [0.2, 0.25) is 0 Å². The molecule has 0 aliphatic carbocycles.